The molecule has 0 atom stereocenters. The number of fused-ring (bicyclic) bond motifs is 1. The summed E-state index contributed by atoms with van der Waals surface area (Å²) in [5, 5.41) is 0. The van der Waals surface area contributed by atoms with Crippen LogP contribution in [-0.2, 0) is 11.3 Å². The van der Waals surface area contributed by atoms with Crippen LogP contribution in [0.2, 0.25) is 0 Å². The Labute approximate surface area is 153 Å². The summed E-state index contributed by atoms with van der Waals surface area (Å²) >= 11 is 0. The third kappa shape index (κ3) is 2.90. The zero-order chi connectivity index (χ0) is 18.3. The summed E-state index contributed by atoms with van der Waals surface area (Å²) in [4.78, 5) is 11.5. The smallest absolute Gasteiger partial charge is 0.154 e. The maximum Gasteiger partial charge on any atom is 0.154 e. The van der Waals surface area contributed by atoms with Gasteiger partial charge in [0.25, 0.3) is 0 Å². The van der Waals surface area contributed by atoms with Crippen molar-refractivity contribution in [1.82, 2.24) is 14.5 Å². The fourth-order valence-corrected chi connectivity index (χ4v) is 3.55. The van der Waals surface area contributed by atoms with E-state index in [1.54, 1.807) is 0 Å². The molecule has 0 saturated carbocycles. The number of benzene rings is 1. The Morgan fingerprint density at radius 1 is 1.12 bits per heavy atom. The molecule has 3 heterocycles. The zero-order valence-corrected chi connectivity index (χ0v) is 15.6. The molecule has 136 valence electrons. The number of aromatic nitrogens is 3. The topological polar surface area (TPSA) is 69.2 Å². The number of imidazole rings is 1. The highest BCUT2D eigenvalue weighted by atomic mass is 16.5. The highest BCUT2D eigenvalue weighted by molar-refractivity contribution is 5.88. The van der Waals surface area contributed by atoms with Crippen LogP contribution in [0.15, 0.2) is 24.3 Å². The normalized spacial score (nSPS) is 15.0. The molecule has 2 N–H and O–H groups in total. The lowest BCUT2D eigenvalue weighted by atomic mass is 10.0. The number of anilines is 2. The van der Waals surface area contributed by atoms with Crippen molar-refractivity contribution in [2.45, 2.75) is 27.3 Å². The van der Waals surface area contributed by atoms with Gasteiger partial charge in [0, 0.05) is 25.7 Å². The van der Waals surface area contributed by atoms with E-state index in [-0.39, 0.29) is 0 Å². The van der Waals surface area contributed by atoms with Crippen LogP contribution in [0.25, 0.3) is 11.0 Å². The average molecular weight is 351 g/mol. The Bertz CT molecular complexity index is 956. The molecule has 1 saturated heterocycles. The quantitative estimate of drug-likeness (QED) is 0.786. The SMILES string of the molecule is Cc1cccc(Cn2c(C)nc3c(N)nc(N4CCOCC4)cc32)c1C. The van der Waals surface area contributed by atoms with Crippen molar-refractivity contribution in [3.8, 4) is 0 Å². The third-order valence-electron chi connectivity index (χ3n) is 5.32. The molecule has 4 rings (SSSR count). The lowest BCUT2D eigenvalue weighted by molar-refractivity contribution is 0.122. The number of nitrogens with zero attached hydrogens (tertiary/aromatic N) is 4. The molecule has 0 amide bonds. The molecular weight excluding hydrogens is 326 g/mol. The summed E-state index contributed by atoms with van der Waals surface area (Å²) in [6, 6.07) is 8.56. The van der Waals surface area contributed by atoms with Gasteiger partial charge in [-0.25, -0.2) is 9.97 Å². The largest absolute Gasteiger partial charge is 0.382 e. The van der Waals surface area contributed by atoms with E-state index in [0.717, 1.165) is 55.5 Å². The number of morpholine rings is 1. The summed E-state index contributed by atoms with van der Waals surface area (Å²) in [5.41, 5.74) is 12.0. The molecular formula is C20H25N5O. The second-order valence-corrected chi connectivity index (χ2v) is 6.94. The van der Waals surface area contributed by atoms with Crippen LogP contribution in [-0.4, -0.2) is 40.8 Å². The van der Waals surface area contributed by atoms with Crippen LogP contribution < -0.4 is 10.6 Å². The number of rotatable bonds is 3. The minimum atomic E-state index is 0.492. The van der Waals surface area contributed by atoms with Gasteiger partial charge in [-0.15, -0.1) is 0 Å². The van der Waals surface area contributed by atoms with Crippen molar-refractivity contribution in [2.24, 2.45) is 0 Å². The van der Waals surface area contributed by atoms with Gasteiger partial charge in [0.1, 0.15) is 17.2 Å². The second-order valence-electron chi connectivity index (χ2n) is 6.94. The van der Waals surface area contributed by atoms with Crippen LogP contribution in [0.5, 0.6) is 0 Å². The predicted octanol–water partition coefficient (Wildman–Crippen LogP) is 2.82. The van der Waals surface area contributed by atoms with E-state index in [0.29, 0.717) is 5.82 Å². The molecule has 0 aliphatic carbocycles. The maximum atomic E-state index is 6.25. The summed E-state index contributed by atoms with van der Waals surface area (Å²) in [7, 11) is 0. The van der Waals surface area contributed by atoms with Gasteiger partial charge in [-0.1, -0.05) is 18.2 Å². The number of nitrogens with two attached hydrogens (primary N) is 1. The lowest BCUT2D eigenvalue weighted by Gasteiger charge is -2.28. The molecule has 0 radical (unpaired) electrons. The molecule has 0 unspecified atom stereocenters. The zero-order valence-electron chi connectivity index (χ0n) is 15.6. The Balaban J connectivity index is 1.80. The number of aryl methyl sites for hydroxylation is 2. The van der Waals surface area contributed by atoms with Crippen molar-refractivity contribution >= 4 is 22.7 Å². The molecule has 6 nitrogen and oxygen atoms in total. The predicted molar refractivity (Wildman–Crippen MR) is 105 cm³/mol. The molecule has 2 aromatic heterocycles. The molecule has 6 heteroatoms. The standard InChI is InChI=1S/C20H25N5O/c1-13-5-4-6-16(14(13)2)12-25-15(3)22-19-17(25)11-18(23-20(19)21)24-7-9-26-10-8-24/h4-6,11H,7-10,12H2,1-3H3,(H2,21,23). The maximum absolute atomic E-state index is 6.25. The van der Waals surface area contributed by atoms with Gasteiger partial charge < -0.3 is 19.9 Å². The number of ether oxygens (including phenoxy) is 1. The fourth-order valence-electron chi connectivity index (χ4n) is 3.55. The molecule has 3 aromatic rings. The second kappa shape index (κ2) is 6.61. The van der Waals surface area contributed by atoms with E-state index in [9.17, 15) is 0 Å². The molecule has 1 aromatic carbocycles. The molecule has 1 aliphatic heterocycles. The first-order valence-electron chi connectivity index (χ1n) is 9.05. The summed E-state index contributed by atoms with van der Waals surface area (Å²) in [6.45, 7) is 10.2. The van der Waals surface area contributed by atoms with Gasteiger partial charge in [-0.05, 0) is 37.5 Å². The van der Waals surface area contributed by atoms with E-state index in [1.807, 2.05) is 6.92 Å². The van der Waals surface area contributed by atoms with Gasteiger partial charge >= 0.3 is 0 Å². The van der Waals surface area contributed by atoms with Crippen LogP contribution in [0, 0.1) is 20.8 Å². The van der Waals surface area contributed by atoms with Crippen LogP contribution in [0.3, 0.4) is 0 Å². The number of pyridine rings is 1. The van der Waals surface area contributed by atoms with Crippen molar-refractivity contribution in [2.75, 3.05) is 36.9 Å². The van der Waals surface area contributed by atoms with E-state index in [1.165, 1.54) is 16.7 Å². The Hall–Kier alpha value is -2.60. The highest BCUT2D eigenvalue weighted by Crippen LogP contribution is 2.27. The molecule has 1 aliphatic rings. The van der Waals surface area contributed by atoms with Crippen LogP contribution in [0.4, 0.5) is 11.6 Å². The van der Waals surface area contributed by atoms with Crippen molar-refractivity contribution < 1.29 is 4.74 Å². The Kier molecular flexibility index (Phi) is 4.28. The van der Waals surface area contributed by atoms with Crippen molar-refractivity contribution in [3.05, 3.63) is 46.8 Å². The first-order chi connectivity index (χ1) is 12.5. The highest BCUT2D eigenvalue weighted by Gasteiger charge is 2.18. The van der Waals surface area contributed by atoms with Gasteiger partial charge in [-0.2, -0.15) is 0 Å². The van der Waals surface area contributed by atoms with Crippen molar-refractivity contribution in [3.63, 3.8) is 0 Å². The molecule has 0 spiro atoms. The minimum Gasteiger partial charge on any atom is -0.382 e. The number of hydrogen-bond acceptors (Lipinski definition) is 5. The van der Waals surface area contributed by atoms with E-state index < -0.39 is 0 Å². The fraction of sp³-hybridized carbons (Fsp3) is 0.400. The molecule has 26 heavy (non-hydrogen) atoms. The van der Waals surface area contributed by atoms with Gasteiger partial charge in [0.05, 0.1) is 18.7 Å². The first-order valence-corrected chi connectivity index (χ1v) is 9.05. The van der Waals surface area contributed by atoms with Gasteiger partial charge in [0.2, 0.25) is 0 Å². The summed E-state index contributed by atoms with van der Waals surface area (Å²) < 4.78 is 7.69. The number of hydrogen-bond donors (Lipinski definition) is 1. The van der Waals surface area contributed by atoms with Crippen LogP contribution in [0.1, 0.15) is 22.5 Å². The van der Waals surface area contributed by atoms with Gasteiger partial charge in [-0.3, -0.25) is 0 Å². The third-order valence-corrected chi connectivity index (χ3v) is 5.32. The molecule has 0 bridgehead atoms. The minimum absolute atomic E-state index is 0.492. The van der Waals surface area contributed by atoms with E-state index >= 15 is 0 Å². The van der Waals surface area contributed by atoms with Gasteiger partial charge in [0.15, 0.2) is 5.82 Å². The lowest BCUT2D eigenvalue weighted by Crippen LogP contribution is -2.36. The Morgan fingerprint density at radius 2 is 1.88 bits per heavy atom. The first kappa shape index (κ1) is 16.8. The van der Waals surface area contributed by atoms with E-state index in [4.69, 9.17) is 10.5 Å². The van der Waals surface area contributed by atoms with E-state index in [2.05, 4.69) is 57.5 Å². The number of nitrogen functional groups attached to an aromatic ring is 1. The average Bonchev–Trinajstić information content (AvgIpc) is 2.96. The monoisotopic (exact) mass is 351 g/mol. The van der Waals surface area contributed by atoms with Crippen molar-refractivity contribution in [1.29, 1.82) is 0 Å². The van der Waals surface area contributed by atoms with Crippen LogP contribution >= 0.6 is 0 Å². The Morgan fingerprint density at radius 3 is 2.65 bits per heavy atom. The summed E-state index contributed by atoms with van der Waals surface area (Å²) in [5.74, 6) is 2.35. The molecule has 1 fully saturated rings. The summed E-state index contributed by atoms with van der Waals surface area (Å²) in [6.07, 6.45) is 0.